The zero-order valence-corrected chi connectivity index (χ0v) is 16.1. The number of aromatic amines is 1. The van der Waals surface area contributed by atoms with Crippen molar-refractivity contribution in [1.82, 2.24) is 25.1 Å². The maximum absolute atomic E-state index is 12.3. The minimum atomic E-state index is -0.260. The lowest BCUT2D eigenvalue weighted by Gasteiger charge is -2.06. The van der Waals surface area contributed by atoms with Crippen molar-refractivity contribution in [3.63, 3.8) is 0 Å². The first-order valence-corrected chi connectivity index (χ1v) is 10.1. The molecule has 27 heavy (non-hydrogen) atoms. The minimum Gasteiger partial charge on any atom is -0.355 e. The number of para-hydroxylation sites is 1. The second kappa shape index (κ2) is 9.36. The Morgan fingerprint density at radius 2 is 2.04 bits per heavy atom. The van der Waals surface area contributed by atoms with Gasteiger partial charge >= 0.3 is 0 Å². The second-order valence-corrected chi connectivity index (χ2v) is 7.16. The molecule has 0 saturated heterocycles. The summed E-state index contributed by atoms with van der Waals surface area (Å²) in [5, 5.41) is 8.00. The standard InChI is InChI=1S/C19H23N5O2S/c1-2-3-4-8-11-20-16(25)13-27-19-22-17-15(18(26)23-19)12-21-24(17)14-9-6-5-7-10-14/h5-7,9-10,12H,2-4,8,11,13H2,1H3,(H,20,25)(H,22,23,26). The summed E-state index contributed by atoms with van der Waals surface area (Å²) in [5.74, 6) is 0.151. The molecule has 0 aliphatic heterocycles. The third kappa shape index (κ3) is 4.97. The summed E-state index contributed by atoms with van der Waals surface area (Å²) in [6.07, 6.45) is 5.97. The minimum absolute atomic E-state index is 0.0594. The third-order valence-electron chi connectivity index (χ3n) is 4.11. The lowest BCUT2D eigenvalue weighted by molar-refractivity contribution is -0.118. The highest BCUT2D eigenvalue weighted by Crippen LogP contribution is 2.17. The van der Waals surface area contributed by atoms with E-state index in [-0.39, 0.29) is 17.2 Å². The number of carbonyl (C=O) groups excluding carboxylic acids is 1. The first kappa shape index (κ1) is 19.2. The SMILES string of the molecule is CCCCCCNC(=O)CSc1nc2c(cnn2-c2ccccc2)c(=O)[nH]1. The first-order valence-electron chi connectivity index (χ1n) is 9.12. The van der Waals surface area contributed by atoms with Gasteiger partial charge in [-0.1, -0.05) is 56.1 Å². The molecule has 0 bridgehead atoms. The largest absolute Gasteiger partial charge is 0.355 e. The first-order chi connectivity index (χ1) is 13.2. The molecule has 0 radical (unpaired) electrons. The van der Waals surface area contributed by atoms with Crippen LogP contribution in [0.2, 0.25) is 0 Å². The van der Waals surface area contributed by atoms with Gasteiger partial charge in [0.1, 0.15) is 5.39 Å². The van der Waals surface area contributed by atoms with Crippen molar-refractivity contribution in [1.29, 1.82) is 0 Å². The highest BCUT2D eigenvalue weighted by molar-refractivity contribution is 7.99. The van der Waals surface area contributed by atoms with E-state index in [9.17, 15) is 9.59 Å². The fraction of sp³-hybridized carbons (Fsp3) is 0.368. The average molecular weight is 385 g/mol. The van der Waals surface area contributed by atoms with Gasteiger partial charge in [0.05, 0.1) is 17.6 Å². The quantitative estimate of drug-likeness (QED) is 0.336. The van der Waals surface area contributed by atoms with Gasteiger partial charge in [-0.2, -0.15) is 5.10 Å². The van der Waals surface area contributed by atoms with Gasteiger partial charge in [-0.15, -0.1) is 0 Å². The van der Waals surface area contributed by atoms with Gasteiger partial charge in [-0.3, -0.25) is 9.59 Å². The number of hydrogen-bond donors (Lipinski definition) is 2. The molecule has 0 atom stereocenters. The predicted octanol–water partition coefficient (Wildman–Crippen LogP) is 2.90. The van der Waals surface area contributed by atoms with Crippen LogP contribution in [0.5, 0.6) is 0 Å². The lowest BCUT2D eigenvalue weighted by atomic mass is 10.2. The fourth-order valence-corrected chi connectivity index (χ4v) is 3.38. The summed E-state index contributed by atoms with van der Waals surface area (Å²) in [6.45, 7) is 2.84. The van der Waals surface area contributed by atoms with Gasteiger partial charge in [0, 0.05) is 6.54 Å². The molecule has 2 N–H and O–H groups in total. The smallest absolute Gasteiger partial charge is 0.262 e. The number of amides is 1. The van der Waals surface area contributed by atoms with Crippen LogP contribution in [0.4, 0.5) is 0 Å². The molecule has 1 amide bonds. The Bertz CT molecular complexity index is 952. The summed E-state index contributed by atoms with van der Waals surface area (Å²) < 4.78 is 1.63. The Balaban J connectivity index is 1.67. The van der Waals surface area contributed by atoms with Crippen molar-refractivity contribution in [2.24, 2.45) is 0 Å². The van der Waals surface area contributed by atoms with Crippen LogP contribution in [0.3, 0.4) is 0 Å². The lowest BCUT2D eigenvalue weighted by Crippen LogP contribution is -2.26. The van der Waals surface area contributed by atoms with Crippen LogP contribution in [0.25, 0.3) is 16.7 Å². The maximum Gasteiger partial charge on any atom is 0.262 e. The van der Waals surface area contributed by atoms with E-state index >= 15 is 0 Å². The Hall–Kier alpha value is -2.61. The molecule has 0 fully saturated rings. The number of H-pyrrole nitrogens is 1. The van der Waals surface area contributed by atoms with Crippen molar-refractivity contribution in [2.75, 3.05) is 12.3 Å². The van der Waals surface area contributed by atoms with E-state index in [1.807, 2.05) is 30.3 Å². The van der Waals surface area contributed by atoms with Crippen molar-refractivity contribution >= 4 is 28.7 Å². The van der Waals surface area contributed by atoms with Crippen molar-refractivity contribution in [3.05, 3.63) is 46.9 Å². The zero-order valence-electron chi connectivity index (χ0n) is 15.3. The van der Waals surface area contributed by atoms with Crippen LogP contribution in [0, 0.1) is 0 Å². The topological polar surface area (TPSA) is 92.7 Å². The van der Waals surface area contributed by atoms with E-state index in [2.05, 4.69) is 27.3 Å². The van der Waals surface area contributed by atoms with Crippen LogP contribution < -0.4 is 10.9 Å². The van der Waals surface area contributed by atoms with Gasteiger partial charge in [-0.05, 0) is 18.6 Å². The normalized spacial score (nSPS) is 11.0. The van der Waals surface area contributed by atoms with E-state index in [4.69, 9.17) is 0 Å². The number of carbonyl (C=O) groups is 1. The summed E-state index contributed by atoms with van der Waals surface area (Å²) in [4.78, 5) is 31.5. The number of unbranched alkanes of at least 4 members (excludes halogenated alkanes) is 3. The van der Waals surface area contributed by atoms with E-state index in [1.54, 1.807) is 4.68 Å². The number of rotatable bonds is 9. The molecule has 0 saturated carbocycles. The number of nitrogens with zero attached hydrogens (tertiary/aromatic N) is 3. The second-order valence-electron chi connectivity index (χ2n) is 6.20. The molecule has 0 spiro atoms. The van der Waals surface area contributed by atoms with Crippen LogP contribution in [-0.4, -0.2) is 38.0 Å². The van der Waals surface area contributed by atoms with E-state index in [1.165, 1.54) is 30.8 Å². The molecule has 8 heteroatoms. The van der Waals surface area contributed by atoms with E-state index in [0.29, 0.717) is 22.7 Å². The summed E-state index contributed by atoms with van der Waals surface area (Å²) >= 11 is 1.21. The summed E-state index contributed by atoms with van der Waals surface area (Å²) in [5.41, 5.74) is 1.04. The molecule has 1 aromatic carbocycles. The fourth-order valence-electron chi connectivity index (χ4n) is 2.69. The van der Waals surface area contributed by atoms with Crippen LogP contribution in [-0.2, 0) is 4.79 Å². The van der Waals surface area contributed by atoms with Crippen LogP contribution >= 0.6 is 11.8 Å². The number of thioether (sulfide) groups is 1. The Morgan fingerprint density at radius 1 is 1.22 bits per heavy atom. The molecule has 0 aliphatic carbocycles. The summed E-state index contributed by atoms with van der Waals surface area (Å²) in [7, 11) is 0. The van der Waals surface area contributed by atoms with Crippen molar-refractivity contribution < 1.29 is 4.79 Å². The third-order valence-corrected chi connectivity index (χ3v) is 4.98. The van der Waals surface area contributed by atoms with Gasteiger partial charge in [0.25, 0.3) is 5.56 Å². The molecular weight excluding hydrogens is 362 g/mol. The maximum atomic E-state index is 12.3. The van der Waals surface area contributed by atoms with E-state index < -0.39 is 0 Å². The molecule has 142 valence electrons. The van der Waals surface area contributed by atoms with Gasteiger partial charge in [0.15, 0.2) is 10.8 Å². The molecule has 0 aliphatic rings. The number of fused-ring (bicyclic) bond motifs is 1. The van der Waals surface area contributed by atoms with Gasteiger partial charge in [-0.25, -0.2) is 9.67 Å². The molecule has 3 aromatic rings. The molecule has 0 unspecified atom stereocenters. The Kier molecular flexibility index (Phi) is 6.64. The number of nitrogens with one attached hydrogen (secondary N) is 2. The van der Waals surface area contributed by atoms with Crippen LogP contribution in [0.15, 0.2) is 46.5 Å². The van der Waals surface area contributed by atoms with Crippen LogP contribution in [0.1, 0.15) is 32.6 Å². The highest BCUT2D eigenvalue weighted by Gasteiger charge is 2.12. The molecule has 3 rings (SSSR count). The average Bonchev–Trinajstić information content (AvgIpc) is 3.11. The number of benzene rings is 1. The zero-order chi connectivity index (χ0) is 19.1. The predicted molar refractivity (Wildman–Crippen MR) is 107 cm³/mol. The number of hydrogen-bond acceptors (Lipinski definition) is 5. The van der Waals surface area contributed by atoms with Gasteiger partial charge < -0.3 is 10.3 Å². The van der Waals surface area contributed by atoms with Crippen molar-refractivity contribution in [3.8, 4) is 5.69 Å². The molecular formula is C19H23N5O2S. The number of aromatic nitrogens is 4. The molecule has 7 nitrogen and oxygen atoms in total. The van der Waals surface area contributed by atoms with Gasteiger partial charge in [0.2, 0.25) is 5.91 Å². The Labute approximate surface area is 161 Å². The van der Waals surface area contributed by atoms with Crippen molar-refractivity contribution in [2.45, 2.75) is 37.8 Å². The molecule has 2 heterocycles. The Morgan fingerprint density at radius 3 is 2.81 bits per heavy atom. The van der Waals surface area contributed by atoms with E-state index in [0.717, 1.165) is 18.5 Å². The monoisotopic (exact) mass is 385 g/mol. The summed E-state index contributed by atoms with van der Waals surface area (Å²) in [6, 6.07) is 9.51. The molecule has 2 aromatic heterocycles. The highest BCUT2D eigenvalue weighted by atomic mass is 32.2.